The Kier molecular flexibility index (Phi) is 3.29. The molecule has 0 unspecified atom stereocenters. The molecule has 2 aromatic rings. The van der Waals surface area contributed by atoms with E-state index < -0.39 is 17.2 Å². The van der Waals surface area contributed by atoms with Crippen molar-refractivity contribution in [1.82, 2.24) is 9.55 Å². The molecule has 0 radical (unpaired) electrons. The molecule has 7 heteroatoms. The summed E-state index contributed by atoms with van der Waals surface area (Å²) in [4.78, 5) is 15.4. The number of benzene rings is 1. The number of nitrogen functional groups attached to an aromatic ring is 1. The molecule has 0 atom stereocenters. The van der Waals surface area contributed by atoms with Crippen LogP contribution in [0, 0.1) is 11.6 Å². The first-order chi connectivity index (χ1) is 8.49. The highest BCUT2D eigenvalue weighted by Gasteiger charge is 2.09. The third kappa shape index (κ3) is 2.33. The van der Waals surface area contributed by atoms with Crippen LogP contribution in [0.3, 0.4) is 0 Å². The molecule has 0 aliphatic rings. The molecule has 0 saturated carbocycles. The van der Waals surface area contributed by atoms with E-state index in [-0.39, 0.29) is 22.9 Å². The van der Waals surface area contributed by atoms with Gasteiger partial charge in [-0.25, -0.2) is 13.8 Å². The molecule has 0 spiro atoms. The Morgan fingerprint density at radius 3 is 2.78 bits per heavy atom. The van der Waals surface area contributed by atoms with Gasteiger partial charge in [0, 0.05) is 11.6 Å². The molecule has 0 aliphatic heterocycles. The highest BCUT2D eigenvalue weighted by molar-refractivity contribution is 6.31. The first kappa shape index (κ1) is 12.5. The molecule has 0 fully saturated rings. The van der Waals surface area contributed by atoms with E-state index >= 15 is 0 Å². The van der Waals surface area contributed by atoms with Crippen molar-refractivity contribution in [2.75, 3.05) is 5.73 Å². The van der Waals surface area contributed by atoms with Crippen LogP contribution in [0.2, 0.25) is 5.15 Å². The number of hydrogen-bond acceptors (Lipinski definition) is 3. The maximum Gasteiger partial charge on any atom is 0.278 e. The Morgan fingerprint density at radius 1 is 1.39 bits per heavy atom. The van der Waals surface area contributed by atoms with Gasteiger partial charge in [-0.1, -0.05) is 17.7 Å². The number of anilines is 1. The van der Waals surface area contributed by atoms with Crippen LogP contribution in [-0.4, -0.2) is 9.55 Å². The topological polar surface area (TPSA) is 60.9 Å². The Morgan fingerprint density at radius 2 is 2.11 bits per heavy atom. The lowest BCUT2D eigenvalue weighted by Gasteiger charge is -2.07. The molecule has 0 aliphatic carbocycles. The summed E-state index contributed by atoms with van der Waals surface area (Å²) in [5.74, 6) is -1.42. The summed E-state index contributed by atoms with van der Waals surface area (Å²) >= 11 is 5.57. The minimum Gasteiger partial charge on any atom is -0.392 e. The summed E-state index contributed by atoms with van der Waals surface area (Å²) in [6.07, 6.45) is 1.16. The molecule has 0 bridgehead atoms. The third-order valence-electron chi connectivity index (χ3n) is 2.38. The number of halogens is 3. The standard InChI is InChI=1S/C11H8ClF2N3O/c12-10-9(15)11(18)17(5-16-10)4-6-1-2-7(13)3-8(6)14/h1-3,5H,4,15H2. The van der Waals surface area contributed by atoms with E-state index in [1.54, 1.807) is 0 Å². The zero-order chi connectivity index (χ0) is 13.3. The predicted octanol–water partition coefficient (Wildman–Crippen LogP) is 1.81. The Hall–Kier alpha value is -1.95. The van der Waals surface area contributed by atoms with Crippen LogP contribution >= 0.6 is 11.6 Å². The van der Waals surface area contributed by atoms with Crippen LogP contribution in [0.1, 0.15) is 5.56 Å². The lowest BCUT2D eigenvalue weighted by Crippen LogP contribution is -2.24. The second-order valence-electron chi connectivity index (χ2n) is 3.62. The van der Waals surface area contributed by atoms with Crippen molar-refractivity contribution in [1.29, 1.82) is 0 Å². The summed E-state index contributed by atoms with van der Waals surface area (Å²) in [6.45, 7) is -0.0979. The molecule has 1 aromatic heterocycles. The third-order valence-corrected chi connectivity index (χ3v) is 2.68. The first-order valence-electron chi connectivity index (χ1n) is 4.93. The van der Waals surface area contributed by atoms with Crippen molar-refractivity contribution in [2.24, 2.45) is 0 Å². The van der Waals surface area contributed by atoms with Crippen LogP contribution in [0.5, 0.6) is 0 Å². The van der Waals surface area contributed by atoms with Gasteiger partial charge >= 0.3 is 0 Å². The van der Waals surface area contributed by atoms with Crippen LogP contribution in [-0.2, 0) is 6.54 Å². The van der Waals surface area contributed by atoms with Gasteiger partial charge < -0.3 is 5.73 Å². The van der Waals surface area contributed by atoms with Gasteiger partial charge in [-0.15, -0.1) is 0 Å². The predicted molar refractivity (Wildman–Crippen MR) is 63.4 cm³/mol. The lowest BCUT2D eigenvalue weighted by atomic mass is 10.2. The molecule has 0 saturated heterocycles. The van der Waals surface area contributed by atoms with E-state index in [9.17, 15) is 13.6 Å². The van der Waals surface area contributed by atoms with Crippen molar-refractivity contribution < 1.29 is 8.78 Å². The summed E-state index contributed by atoms with van der Waals surface area (Å²) in [5.41, 5.74) is 4.79. The maximum atomic E-state index is 13.4. The van der Waals surface area contributed by atoms with Crippen LogP contribution < -0.4 is 11.3 Å². The van der Waals surface area contributed by atoms with Crippen molar-refractivity contribution in [3.8, 4) is 0 Å². The van der Waals surface area contributed by atoms with Gasteiger partial charge in [0.25, 0.3) is 5.56 Å². The van der Waals surface area contributed by atoms with Crippen molar-refractivity contribution in [3.05, 3.63) is 57.2 Å². The van der Waals surface area contributed by atoms with E-state index in [0.29, 0.717) is 0 Å². The second kappa shape index (κ2) is 4.73. The molecule has 1 heterocycles. The Balaban J connectivity index is 2.41. The van der Waals surface area contributed by atoms with Crippen molar-refractivity contribution in [3.63, 3.8) is 0 Å². The first-order valence-corrected chi connectivity index (χ1v) is 5.31. The van der Waals surface area contributed by atoms with Gasteiger partial charge in [0.05, 0.1) is 12.9 Å². The van der Waals surface area contributed by atoms with Crippen molar-refractivity contribution >= 4 is 17.3 Å². The molecular formula is C11H8ClF2N3O. The molecular weight excluding hydrogens is 264 g/mol. The number of rotatable bonds is 2. The number of aromatic nitrogens is 2. The quantitative estimate of drug-likeness (QED) is 0.848. The van der Waals surface area contributed by atoms with Gasteiger partial charge in [0.2, 0.25) is 0 Å². The monoisotopic (exact) mass is 271 g/mol. The van der Waals surface area contributed by atoms with E-state index in [0.717, 1.165) is 23.0 Å². The van der Waals surface area contributed by atoms with Gasteiger partial charge in [0.1, 0.15) is 17.3 Å². The molecule has 0 amide bonds. The van der Waals surface area contributed by atoms with Crippen LogP contribution in [0.4, 0.5) is 14.5 Å². The average molecular weight is 272 g/mol. The minimum atomic E-state index is -0.740. The summed E-state index contributed by atoms with van der Waals surface area (Å²) in [5, 5.41) is -0.101. The normalized spacial score (nSPS) is 10.6. The van der Waals surface area contributed by atoms with E-state index in [1.165, 1.54) is 6.07 Å². The number of hydrogen-bond donors (Lipinski definition) is 1. The number of nitrogens with two attached hydrogens (primary N) is 1. The molecule has 18 heavy (non-hydrogen) atoms. The summed E-state index contributed by atoms with van der Waals surface area (Å²) < 4.78 is 27.2. The smallest absolute Gasteiger partial charge is 0.278 e. The minimum absolute atomic E-state index is 0.0979. The maximum absolute atomic E-state index is 13.4. The van der Waals surface area contributed by atoms with Crippen molar-refractivity contribution in [2.45, 2.75) is 6.54 Å². The van der Waals surface area contributed by atoms with E-state index in [2.05, 4.69) is 4.98 Å². The Labute approximate surface area is 106 Å². The zero-order valence-electron chi connectivity index (χ0n) is 9.03. The van der Waals surface area contributed by atoms with Gasteiger partial charge in [-0.2, -0.15) is 0 Å². The highest BCUT2D eigenvalue weighted by atomic mass is 35.5. The molecule has 2 rings (SSSR count). The second-order valence-corrected chi connectivity index (χ2v) is 3.98. The Bertz CT molecular complexity index is 657. The molecule has 2 N–H and O–H groups in total. The fraction of sp³-hybridized carbons (Fsp3) is 0.0909. The van der Waals surface area contributed by atoms with Crippen LogP contribution in [0.15, 0.2) is 29.3 Å². The summed E-state index contributed by atoms with van der Waals surface area (Å²) in [7, 11) is 0. The van der Waals surface area contributed by atoms with Gasteiger partial charge in [-0.3, -0.25) is 9.36 Å². The SMILES string of the molecule is Nc1c(Cl)ncn(Cc2ccc(F)cc2F)c1=O. The lowest BCUT2D eigenvalue weighted by molar-refractivity contribution is 0.563. The largest absolute Gasteiger partial charge is 0.392 e. The van der Waals surface area contributed by atoms with Gasteiger partial charge in [0.15, 0.2) is 5.15 Å². The average Bonchev–Trinajstić information content (AvgIpc) is 2.33. The highest BCUT2D eigenvalue weighted by Crippen LogP contribution is 2.12. The fourth-order valence-electron chi connectivity index (χ4n) is 1.43. The van der Waals surface area contributed by atoms with E-state index in [1.807, 2.05) is 0 Å². The number of nitrogens with zero attached hydrogens (tertiary/aromatic N) is 2. The van der Waals surface area contributed by atoms with E-state index in [4.69, 9.17) is 17.3 Å². The molecule has 1 aromatic carbocycles. The van der Waals surface area contributed by atoms with Gasteiger partial charge in [-0.05, 0) is 6.07 Å². The molecule has 4 nitrogen and oxygen atoms in total. The van der Waals surface area contributed by atoms with Crippen LogP contribution in [0.25, 0.3) is 0 Å². The summed E-state index contributed by atoms with van der Waals surface area (Å²) in [6, 6.07) is 3.10. The fourth-order valence-corrected chi connectivity index (χ4v) is 1.56. The molecule has 94 valence electrons. The zero-order valence-corrected chi connectivity index (χ0v) is 9.79.